The number of amides is 4. The Kier molecular flexibility index (Phi) is 2.53. The number of hydrogen-bond donors (Lipinski definition) is 1. The largest absolute Gasteiger partial charge is 0.331 e. The van der Waals surface area contributed by atoms with Crippen LogP contribution in [0.2, 0.25) is 0 Å². The number of nitrogens with one attached hydrogen (secondary N) is 1. The number of barbiturate groups is 1. The molecule has 0 aromatic heterocycles. The summed E-state index contributed by atoms with van der Waals surface area (Å²) in [6, 6.07) is -0.575. The summed E-state index contributed by atoms with van der Waals surface area (Å²) in [6.45, 7) is 4.09. The summed E-state index contributed by atoms with van der Waals surface area (Å²) >= 11 is 0. The zero-order valence-corrected chi connectivity index (χ0v) is 11.5. The third-order valence-corrected chi connectivity index (χ3v) is 4.98. The lowest BCUT2D eigenvalue weighted by Gasteiger charge is -2.41. The van der Waals surface area contributed by atoms with E-state index in [1.54, 1.807) is 0 Å². The zero-order chi connectivity index (χ0) is 13.8. The smallest absolute Gasteiger partial charge is 0.277 e. The minimum atomic E-state index is -0.967. The number of rotatable bonds is 1. The molecule has 2 aliphatic carbocycles. The molecule has 1 atom stereocenters. The Morgan fingerprint density at radius 1 is 1.11 bits per heavy atom. The van der Waals surface area contributed by atoms with E-state index >= 15 is 0 Å². The van der Waals surface area contributed by atoms with Gasteiger partial charge >= 0.3 is 6.03 Å². The first-order chi connectivity index (χ1) is 8.88. The molecule has 0 aromatic rings. The fourth-order valence-electron chi connectivity index (χ4n) is 3.46. The van der Waals surface area contributed by atoms with Crippen LogP contribution in [0.1, 0.15) is 52.4 Å². The van der Waals surface area contributed by atoms with E-state index in [-0.39, 0.29) is 23.3 Å². The molecule has 0 bridgehead atoms. The Bertz CT molecular complexity index is 463. The summed E-state index contributed by atoms with van der Waals surface area (Å²) < 4.78 is 0. The molecule has 1 unspecified atom stereocenters. The Balaban J connectivity index is 1.92. The molecule has 0 radical (unpaired) electrons. The van der Waals surface area contributed by atoms with Gasteiger partial charge in [-0.25, -0.2) is 4.79 Å². The van der Waals surface area contributed by atoms with E-state index in [2.05, 4.69) is 5.32 Å². The van der Waals surface area contributed by atoms with Crippen molar-refractivity contribution in [3.05, 3.63) is 0 Å². The molecule has 3 aliphatic rings. The predicted octanol–water partition coefficient (Wildman–Crippen LogP) is 1.81. The average Bonchev–Trinajstić information content (AvgIpc) is 2.97. The third kappa shape index (κ3) is 1.70. The van der Waals surface area contributed by atoms with E-state index in [9.17, 15) is 14.4 Å². The van der Waals surface area contributed by atoms with Crippen molar-refractivity contribution >= 4 is 17.8 Å². The van der Waals surface area contributed by atoms with Crippen LogP contribution in [-0.4, -0.2) is 28.8 Å². The highest BCUT2D eigenvalue weighted by molar-refractivity contribution is 6.19. The van der Waals surface area contributed by atoms with Gasteiger partial charge in [0.1, 0.15) is 5.41 Å². The van der Waals surface area contributed by atoms with Crippen LogP contribution in [0.25, 0.3) is 0 Å². The topological polar surface area (TPSA) is 66.5 Å². The lowest BCUT2D eigenvalue weighted by Crippen LogP contribution is -2.65. The third-order valence-electron chi connectivity index (χ3n) is 4.98. The standard InChI is InChI=1S/C14H20N2O3/c1-13(2)8-9(13)16-11(18)14(6-4-3-5-7-14)10(17)15-12(16)19/h9H,3-8H2,1-2H3,(H,15,17,19). The zero-order valence-electron chi connectivity index (χ0n) is 11.5. The molecule has 3 fully saturated rings. The van der Waals surface area contributed by atoms with Crippen molar-refractivity contribution in [2.24, 2.45) is 10.8 Å². The SMILES string of the molecule is CC1(C)CC1N1C(=O)NC(=O)C2(CCCCC2)C1=O. The molecule has 5 heteroatoms. The Morgan fingerprint density at radius 3 is 2.21 bits per heavy atom. The van der Waals surface area contributed by atoms with Crippen molar-refractivity contribution in [1.29, 1.82) is 0 Å². The van der Waals surface area contributed by atoms with Gasteiger partial charge in [-0.05, 0) is 24.7 Å². The van der Waals surface area contributed by atoms with Gasteiger partial charge in [-0.15, -0.1) is 0 Å². The van der Waals surface area contributed by atoms with Gasteiger partial charge < -0.3 is 0 Å². The van der Waals surface area contributed by atoms with Gasteiger partial charge in [0.25, 0.3) is 0 Å². The molecule has 4 amide bonds. The number of urea groups is 1. The lowest BCUT2D eigenvalue weighted by atomic mass is 9.71. The van der Waals surface area contributed by atoms with Crippen molar-refractivity contribution in [3.63, 3.8) is 0 Å². The van der Waals surface area contributed by atoms with Gasteiger partial charge in [-0.2, -0.15) is 0 Å². The van der Waals surface area contributed by atoms with E-state index in [1.807, 2.05) is 13.8 Å². The summed E-state index contributed by atoms with van der Waals surface area (Å²) in [7, 11) is 0. The molecule has 2 saturated carbocycles. The number of hydrogen-bond acceptors (Lipinski definition) is 3. The quantitative estimate of drug-likeness (QED) is 0.734. The highest BCUT2D eigenvalue weighted by Crippen LogP contribution is 2.51. The number of imide groups is 2. The lowest BCUT2D eigenvalue weighted by molar-refractivity contribution is -0.154. The summed E-state index contributed by atoms with van der Waals surface area (Å²) in [4.78, 5) is 38.2. The summed E-state index contributed by atoms with van der Waals surface area (Å²) in [5.41, 5.74) is -0.978. The number of carbonyl (C=O) groups is 3. The van der Waals surface area contributed by atoms with E-state index in [0.29, 0.717) is 12.8 Å². The molecule has 19 heavy (non-hydrogen) atoms. The molecule has 0 aromatic carbocycles. The second-order valence-electron chi connectivity index (χ2n) is 6.79. The maximum atomic E-state index is 12.7. The average molecular weight is 264 g/mol. The van der Waals surface area contributed by atoms with Gasteiger partial charge in [-0.3, -0.25) is 19.8 Å². The monoisotopic (exact) mass is 264 g/mol. The van der Waals surface area contributed by atoms with Gasteiger partial charge in [0.05, 0.1) is 0 Å². The highest BCUT2D eigenvalue weighted by atomic mass is 16.2. The van der Waals surface area contributed by atoms with Crippen LogP contribution in [0.5, 0.6) is 0 Å². The van der Waals surface area contributed by atoms with Crippen LogP contribution >= 0.6 is 0 Å². The molecule has 1 aliphatic heterocycles. The van der Waals surface area contributed by atoms with Crippen LogP contribution in [0.3, 0.4) is 0 Å². The van der Waals surface area contributed by atoms with Crippen LogP contribution in [-0.2, 0) is 9.59 Å². The van der Waals surface area contributed by atoms with Crippen LogP contribution in [0.4, 0.5) is 4.79 Å². The van der Waals surface area contributed by atoms with Crippen LogP contribution < -0.4 is 5.32 Å². The second-order valence-corrected chi connectivity index (χ2v) is 6.79. The van der Waals surface area contributed by atoms with Gasteiger partial charge in [0.2, 0.25) is 11.8 Å². The van der Waals surface area contributed by atoms with Crippen molar-refractivity contribution in [3.8, 4) is 0 Å². The first kappa shape index (κ1) is 12.6. The summed E-state index contributed by atoms with van der Waals surface area (Å²) in [5.74, 6) is -0.631. The number of nitrogens with zero attached hydrogens (tertiary/aromatic N) is 1. The maximum Gasteiger partial charge on any atom is 0.331 e. The summed E-state index contributed by atoms with van der Waals surface area (Å²) in [5, 5.41) is 2.41. The van der Waals surface area contributed by atoms with Gasteiger partial charge in [0.15, 0.2) is 0 Å². The molecule has 1 spiro atoms. The fraction of sp³-hybridized carbons (Fsp3) is 0.786. The van der Waals surface area contributed by atoms with Crippen LogP contribution in [0, 0.1) is 10.8 Å². The van der Waals surface area contributed by atoms with Gasteiger partial charge in [0, 0.05) is 6.04 Å². The van der Waals surface area contributed by atoms with E-state index < -0.39 is 11.4 Å². The minimum absolute atomic E-state index is 0.0107. The Labute approximate surface area is 112 Å². The van der Waals surface area contributed by atoms with E-state index in [1.165, 1.54) is 4.90 Å². The van der Waals surface area contributed by atoms with Crippen molar-refractivity contribution in [1.82, 2.24) is 10.2 Å². The molecular formula is C14H20N2O3. The van der Waals surface area contributed by atoms with Gasteiger partial charge in [-0.1, -0.05) is 33.1 Å². The molecular weight excluding hydrogens is 244 g/mol. The molecule has 104 valence electrons. The maximum absolute atomic E-state index is 12.7. The summed E-state index contributed by atoms with van der Waals surface area (Å²) in [6.07, 6.45) is 4.81. The van der Waals surface area contributed by atoms with Crippen molar-refractivity contribution < 1.29 is 14.4 Å². The highest BCUT2D eigenvalue weighted by Gasteiger charge is 2.61. The Hall–Kier alpha value is -1.39. The van der Waals surface area contributed by atoms with Crippen LogP contribution in [0.15, 0.2) is 0 Å². The normalized spacial score (nSPS) is 32.4. The minimum Gasteiger partial charge on any atom is -0.277 e. The first-order valence-electron chi connectivity index (χ1n) is 7.08. The second kappa shape index (κ2) is 3.81. The Morgan fingerprint density at radius 2 is 1.68 bits per heavy atom. The number of carbonyl (C=O) groups excluding carboxylic acids is 3. The van der Waals surface area contributed by atoms with E-state index in [4.69, 9.17) is 0 Å². The molecule has 5 nitrogen and oxygen atoms in total. The van der Waals surface area contributed by atoms with Crippen molar-refractivity contribution in [2.75, 3.05) is 0 Å². The predicted molar refractivity (Wildman–Crippen MR) is 68.1 cm³/mol. The fourth-order valence-corrected chi connectivity index (χ4v) is 3.46. The van der Waals surface area contributed by atoms with E-state index in [0.717, 1.165) is 25.7 Å². The molecule has 1 heterocycles. The van der Waals surface area contributed by atoms with Crippen molar-refractivity contribution in [2.45, 2.75) is 58.4 Å². The first-order valence-corrected chi connectivity index (χ1v) is 7.08. The molecule has 3 rings (SSSR count). The molecule has 1 N–H and O–H groups in total. The molecule has 1 saturated heterocycles.